The minimum absolute atomic E-state index is 0.171. The van der Waals surface area contributed by atoms with Gasteiger partial charge >= 0.3 is 11.9 Å². The van der Waals surface area contributed by atoms with Crippen molar-refractivity contribution in [3.63, 3.8) is 0 Å². The third-order valence-corrected chi connectivity index (χ3v) is 5.05. The lowest BCUT2D eigenvalue weighted by Crippen LogP contribution is -2.21. The highest BCUT2D eigenvalue weighted by atomic mass is 16.5. The molecular formula is C16H28O4. The van der Waals surface area contributed by atoms with Crippen molar-refractivity contribution in [2.75, 3.05) is 7.11 Å². The number of carbonyl (C=O) groups is 2. The lowest BCUT2D eigenvalue weighted by atomic mass is 9.78. The Labute approximate surface area is 121 Å². The molecule has 0 aromatic rings. The van der Waals surface area contributed by atoms with Crippen LogP contribution in [0.15, 0.2) is 0 Å². The molecule has 1 aliphatic carbocycles. The maximum atomic E-state index is 11.2. The molecular weight excluding hydrogens is 256 g/mol. The predicted molar refractivity (Wildman–Crippen MR) is 77.3 cm³/mol. The molecule has 2 unspecified atom stereocenters. The van der Waals surface area contributed by atoms with Crippen molar-refractivity contribution < 1.29 is 19.4 Å². The van der Waals surface area contributed by atoms with Gasteiger partial charge in [0.25, 0.3) is 0 Å². The Morgan fingerprint density at radius 1 is 1.20 bits per heavy atom. The molecule has 0 bridgehead atoms. The van der Waals surface area contributed by atoms with E-state index in [1.165, 1.54) is 20.0 Å². The van der Waals surface area contributed by atoms with E-state index in [2.05, 4.69) is 18.6 Å². The molecule has 0 amide bonds. The standard InChI is InChI=1S/C16H28O4/c1-11-7-9-14(12(11)2)13(8-10-15(17)18)5-4-6-16(19)20-3/h11-14H,4-10H2,1-3H3,(H,17,18)/t11-,12?,13?,14+/m1/s1. The van der Waals surface area contributed by atoms with E-state index in [4.69, 9.17) is 5.11 Å². The SMILES string of the molecule is COC(=O)CCCC(CCC(=O)O)[C@H]1CC[C@@H](C)C1C. The van der Waals surface area contributed by atoms with Crippen LogP contribution < -0.4 is 0 Å². The first kappa shape index (κ1) is 17.0. The lowest BCUT2D eigenvalue weighted by Gasteiger charge is -2.28. The van der Waals surface area contributed by atoms with Gasteiger partial charge in [0.2, 0.25) is 0 Å². The van der Waals surface area contributed by atoms with Crippen LogP contribution in [-0.2, 0) is 14.3 Å². The summed E-state index contributed by atoms with van der Waals surface area (Å²) < 4.78 is 4.66. The summed E-state index contributed by atoms with van der Waals surface area (Å²) in [5, 5.41) is 8.90. The van der Waals surface area contributed by atoms with E-state index in [0.29, 0.717) is 24.2 Å². The average Bonchev–Trinajstić information content (AvgIpc) is 2.73. The number of carboxylic acid groups (broad SMARTS) is 1. The fourth-order valence-corrected chi connectivity index (χ4v) is 3.56. The average molecular weight is 284 g/mol. The van der Waals surface area contributed by atoms with Crippen LogP contribution in [0.5, 0.6) is 0 Å². The summed E-state index contributed by atoms with van der Waals surface area (Å²) in [5.41, 5.74) is 0. The van der Waals surface area contributed by atoms with Crippen molar-refractivity contribution in [2.45, 2.75) is 58.8 Å². The summed E-state index contributed by atoms with van der Waals surface area (Å²) in [5.74, 6) is 1.54. The number of carboxylic acids is 1. The third-order valence-electron chi connectivity index (χ3n) is 5.05. The fourth-order valence-electron chi connectivity index (χ4n) is 3.56. The Bertz CT molecular complexity index is 326. The van der Waals surface area contributed by atoms with Gasteiger partial charge in [-0.25, -0.2) is 0 Å². The van der Waals surface area contributed by atoms with Crippen LogP contribution in [-0.4, -0.2) is 24.2 Å². The topological polar surface area (TPSA) is 63.6 Å². The molecule has 0 spiro atoms. The molecule has 0 aromatic heterocycles. The van der Waals surface area contributed by atoms with Crippen molar-refractivity contribution in [2.24, 2.45) is 23.7 Å². The van der Waals surface area contributed by atoms with Gasteiger partial charge in [-0.05, 0) is 49.4 Å². The summed E-state index contributed by atoms with van der Waals surface area (Å²) >= 11 is 0. The molecule has 0 radical (unpaired) electrons. The summed E-state index contributed by atoms with van der Waals surface area (Å²) in [6.07, 6.45) is 5.59. The van der Waals surface area contributed by atoms with E-state index >= 15 is 0 Å². The minimum atomic E-state index is -0.721. The first-order valence-electron chi connectivity index (χ1n) is 7.74. The number of carbonyl (C=O) groups excluding carboxylic acids is 1. The first-order chi connectivity index (χ1) is 9.45. The molecule has 0 aliphatic heterocycles. The summed E-state index contributed by atoms with van der Waals surface area (Å²) in [6.45, 7) is 4.57. The van der Waals surface area contributed by atoms with Crippen LogP contribution in [0.3, 0.4) is 0 Å². The summed E-state index contributed by atoms with van der Waals surface area (Å²) in [6, 6.07) is 0. The molecule has 1 saturated carbocycles. The Morgan fingerprint density at radius 2 is 1.90 bits per heavy atom. The highest BCUT2D eigenvalue weighted by Crippen LogP contribution is 2.43. The number of hydrogen-bond donors (Lipinski definition) is 1. The smallest absolute Gasteiger partial charge is 0.305 e. The Morgan fingerprint density at radius 3 is 2.40 bits per heavy atom. The lowest BCUT2D eigenvalue weighted by molar-refractivity contribution is -0.141. The number of rotatable bonds is 8. The van der Waals surface area contributed by atoms with Crippen LogP contribution in [0.4, 0.5) is 0 Å². The Kier molecular flexibility index (Phi) is 7.03. The summed E-state index contributed by atoms with van der Waals surface area (Å²) in [7, 11) is 1.41. The third kappa shape index (κ3) is 5.14. The largest absolute Gasteiger partial charge is 0.481 e. The monoisotopic (exact) mass is 284 g/mol. The van der Waals surface area contributed by atoms with E-state index in [0.717, 1.165) is 25.2 Å². The van der Waals surface area contributed by atoms with Crippen molar-refractivity contribution in [1.82, 2.24) is 0 Å². The van der Waals surface area contributed by atoms with Crippen LogP contribution in [0.25, 0.3) is 0 Å². The van der Waals surface area contributed by atoms with Gasteiger partial charge in [-0.15, -0.1) is 0 Å². The normalized spacial score (nSPS) is 27.2. The zero-order chi connectivity index (χ0) is 15.1. The van der Waals surface area contributed by atoms with E-state index < -0.39 is 5.97 Å². The van der Waals surface area contributed by atoms with Gasteiger partial charge in [0.1, 0.15) is 0 Å². The van der Waals surface area contributed by atoms with Crippen molar-refractivity contribution in [3.05, 3.63) is 0 Å². The number of hydrogen-bond acceptors (Lipinski definition) is 3. The zero-order valence-corrected chi connectivity index (χ0v) is 12.9. The number of aliphatic carboxylic acids is 1. The predicted octanol–water partition coefficient (Wildman–Crippen LogP) is 3.49. The van der Waals surface area contributed by atoms with Crippen LogP contribution >= 0.6 is 0 Å². The van der Waals surface area contributed by atoms with Crippen LogP contribution in [0.1, 0.15) is 58.8 Å². The molecule has 1 fully saturated rings. The Hall–Kier alpha value is -1.06. The Balaban J connectivity index is 2.51. The van der Waals surface area contributed by atoms with E-state index in [1.807, 2.05) is 0 Å². The molecule has 4 nitrogen and oxygen atoms in total. The second-order valence-corrected chi connectivity index (χ2v) is 6.24. The van der Waals surface area contributed by atoms with Gasteiger partial charge in [-0.1, -0.05) is 20.3 Å². The van der Waals surface area contributed by atoms with E-state index in [1.54, 1.807) is 0 Å². The van der Waals surface area contributed by atoms with Gasteiger partial charge in [-0.3, -0.25) is 9.59 Å². The zero-order valence-electron chi connectivity index (χ0n) is 12.9. The first-order valence-corrected chi connectivity index (χ1v) is 7.74. The van der Waals surface area contributed by atoms with Crippen molar-refractivity contribution in [3.8, 4) is 0 Å². The highest BCUT2D eigenvalue weighted by molar-refractivity contribution is 5.69. The molecule has 1 aliphatic rings. The van der Waals surface area contributed by atoms with E-state index in [9.17, 15) is 9.59 Å². The van der Waals surface area contributed by atoms with Gasteiger partial charge in [0.05, 0.1) is 7.11 Å². The minimum Gasteiger partial charge on any atom is -0.481 e. The van der Waals surface area contributed by atoms with Gasteiger partial charge in [0.15, 0.2) is 0 Å². The molecule has 1 N–H and O–H groups in total. The molecule has 1 rings (SSSR count). The van der Waals surface area contributed by atoms with E-state index in [-0.39, 0.29) is 12.4 Å². The maximum Gasteiger partial charge on any atom is 0.305 e. The van der Waals surface area contributed by atoms with Gasteiger partial charge < -0.3 is 9.84 Å². The van der Waals surface area contributed by atoms with Crippen LogP contribution in [0.2, 0.25) is 0 Å². The number of esters is 1. The van der Waals surface area contributed by atoms with Crippen molar-refractivity contribution >= 4 is 11.9 Å². The second-order valence-electron chi connectivity index (χ2n) is 6.24. The second kappa shape index (κ2) is 8.28. The fraction of sp³-hybridized carbons (Fsp3) is 0.875. The number of ether oxygens (including phenoxy) is 1. The summed E-state index contributed by atoms with van der Waals surface area (Å²) in [4.78, 5) is 22.0. The quantitative estimate of drug-likeness (QED) is 0.693. The molecule has 20 heavy (non-hydrogen) atoms. The van der Waals surface area contributed by atoms with Gasteiger partial charge in [0, 0.05) is 12.8 Å². The molecule has 0 saturated heterocycles. The van der Waals surface area contributed by atoms with Crippen molar-refractivity contribution in [1.29, 1.82) is 0 Å². The molecule has 0 aromatic carbocycles. The molecule has 4 heteroatoms. The molecule has 0 heterocycles. The molecule has 116 valence electrons. The molecule has 4 atom stereocenters. The number of methoxy groups -OCH3 is 1. The maximum absolute atomic E-state index is 11.2. The highest BCUT2D eigenvalue weighted by Gasteiger charge is 2.35. The van der Waals surface area contributed by atoms with Crippen LogP contribution in [0, 0.1) is 23.7 Å². The van der Waals surface area contributed by atoms with Gasteiger partial charge in [-0.2, -0.15) is 0 Å².